The summed E-state index contributed by atoms with van der Waals surface area (Å²) in [6.07, 6.45) is 32.0. The standard InChI is InChI=1S/C40H80NO7PS/c1-6-8-10-12-14-16-18-20-22-24-26-28-30-32-39(42)45-36-38(37-47-49(44,50)46-35-34-41(3,4)5)48-40(43)33-31-29-27-25-23-21-19-17-15-13-11-9-7-2/h38H,6-37H2,1-5H3/p+1/t38-,49?/m1/s1. The second-order valence-corrected chi connectivity index (χ2v) is 18.2. The predicted octanol–water partition coefficient (Wildman–Crippen LogP) is 11.4. The van der Waals surface area contributed by atoms with Gasteiger partial charge in [-0.1, -0.05) is 168 Å². The van der Waals surface area contributed by atoms with Gasteiger partial charge in [-0.15, -0.1) is 0 Å². The number of hydrogen-bond acceptors (Lipinski definition) is 7. The number of quaternary nitrogens is 1. The van der Waals surface area contributed by atoms with E-state index in [2.05, 4.69) is 13.8 Å². The third kappa shape index (κ3) is 37.2. The molecule has 0 bridgehead atoms. The first kappa shape index (κ1) is 49.4. The van der Waals surface area contributed by atoms with E-state index in [0.29, 0.717) is 23.9 Å². The largest absolute Gasteiger partial charge is 0.462 e. The van der Waals surface area contributed by atoms with Crippen molar-refractivity contribution < 1.29 is 37.5 Å². The van der Waals surface area contributed by atoms with Crippen molar-refractivity contribution >= 4 is 30.5 Å². The van der Waals surface area contributed by atoms with Crippen LogP contribution in [0.5, 0.6) is 0 Å². The molecule has 0 aliphatic carbocycles. The van der Waals surface area contributed by atoms with Crippen molar-refractivity contribution in [2.24, 2.45) is 0 Å². The number of esters is 2. The van der Waals surface area contributed by atoms with Crippen molar-refractivity contribution in [3.05, 3.63) is 0 Å². The third-order valence-electron chi connectivity index (χ3n) is 9.14. The first-order chi connectivity index (χ1) is 24.0. The van der Waals surface area contributed by atoms with Crippen LogP contribution < -0.4 is 0 Å². The summed E-state index contributed by atoms with van der Waals surface area (Å²) in [6.45, 7) is 1.57. The van der Waals surface area contributed by atoms with Crippen molar-refractivity contribution in [2.45, 2.75) is 200 Å². The van der Waals surface area contributed by atoms with Crippen molar-refractivity contribution in [1.82, 2.24) is 0 Å². The highest BCUT2D eigenvalue weighted by Gasteiger charge is 2.23. The van der Waals surface area contributed by atoms with Crippen LogP contribution in [0.15, 0.2) is 0 Å². The number of rotatable bonds is 38. The number of likely N-dealkylation sites (N-methyl/N-ethyl adjacent to an activating group) is 1. The van der Waals surface area contributed by atoms with Gasteiger partial charge in [0.2, 0.25) is 0 Å². The monoisotopic (exact) mass is 751 g/mol. The van der Waals surface area contributed by atoms with E-state index in [-0.39, 0.29) is 31.8 Å². The summed E-state index contributed by atoms with van der Waals surface area (Å²) in [5.74, 6) is -0.667. The molecule has 0 aliphatic heterocycles. The molecule has 10 heteroatoms. The second kappa shape index (κ2) is 34.2. The maximum absolute atomic E-state index is 12.7. The molecular formula is C40H81NO7PS+. The van der Waals surface area contributed by atoms with Gasteiger partial charge in [-0.05, 0) is 24.6 Å². The summed E-state index contributed by atoms with van der Waals surface area (Å²) in [4.78, 5) is 35.7. The van der Waals surface area contributed by atoms with E-state index in [1.165, 1.54) is 128 Å². The minimum Gasteiger partial charge on any atom is -0.462 e. The third-order valence-corrected chi connectivity index (χ3v) is 10.8. The summed E-state index contributed by atoms with van der Waals surface area (Å²) < 4.78 is 22.8. The number of unbranched alkanes of at least 4 members (excludes halogenated alkanes) is 24. The van der Waals surface area contributed by atoms with E-state index in [1.54, 1.807) is 0 Å². The van der Waals surface area contributed by atoms with Crippen LogP contribution in [-0.2, 0) is 39.9 Å². The quantitative estimate of drug-likeness (QED) is 0.0289. The molecule has 0 saturated carbocycles. The molecule has 2 atom stereocenters. The van der Waals surface area contributed by atoms with Gasteiger partial charge in [-0.2, -0.15) is 0 Å². The molecule has 0 saturated heterocycles. The molecule has 0 aromatic rings. The summed E-state index contributed by atoms with van der Waals surface area (Å²) >= 11 is 5.17. The summed E-state index contributed by atoms with van der Waals surface area (Å²) in [5.41, 5.74) is 0. The lowest BCUT2D eigenvalue weighted by Crippen LogP contribution is -2.37. The van der Waals surface area contributed by atoms with Gasteiger partial charge in [0, 0.05) is 12.8 Å². The smallest absolute Gasteiger partial charge is 0.324 e. The molecule has 0 aliphatic rings. The van der Waals surface area contributed by atoms with Crippen molar-refractivity contribution in [3.63, 3.8) is 0 Å². The van der Waals surface area contributed by atoms with Crippen LogP contribution in [0, 0.1) is 0 Å². The zero-order valence-corrected chi connectivity index (χ0v) is 35.1. The Labute approximate surface area is 314 Å². The number of hydrogen-bond donors (Lipinski definition) is 1. The Hall–Kier alpha value is -0.570. The van der Waals surface area contributed by atoms with Gasteiger partial charge in [-0.3, -0.25) is 9.59 Å². The van der Waals surface area contributed by atoms with Gasteiger partial charge >= 0.3 is 18.7 Å². The van der Waals surface area contributed by atoms with E-state index in [1.807, 2.05) is 21.1 Å². The number of nitrogens with zero attached hydrogens (tertiary/aromatic N) is 1. The summed E-state index contributed by atoms with van der Waals surface area (Å²) in [6, 6.07) is 0. The van der Waals surface area contributed by atoms with E-state index in [9.17, 15) is 14.5 Å². The van der Waals surface area contributed by atoms with Crippen molar-refractivity contribution in [3.8, 4) is 0 Å². The van der Waals surface area contributed by atoms with Crippen LogP contribution in [0.1, 0.15) is 194 Å². The first-order valence-corrected chi connectivity index (χ1v) is 23.4. The zero-order valence-electron chi connectivity index (χ0n) is 33.4. The molecule has 0 aromatic heterocycles. The van der Waals surface area contributed by atoms with Gasteiger partial charge in [0.25, 0.3) is 0 Å². The molecule has 1 N–H and O–H groups in total. The molecule has 0 aromatic carbocycles. The van der Waals surface area contributed by atoms with Crippen LogP contribution in [0.25, 0.3) is 0 Å². The van der Waals surface area contributed by atoms with Crippen LogP contribution in [0.2, 0.25) is 0 Å². The van der Waals surface area contributed by atoms with E-state index >= 15 is 0 Å². The lowest BCUT2D eigenvalue weighted by molar-refractivity contribution is -0.870. The Kier molecular flexibility index (Phi) is 33.8. The molecule has 8 nitrogen and oxygen atoms in total. The van der Waals surface area contributed by atoms with Crippen LogP contribution >= 0.6 is 6.72 Å². The maximum atomic E-state index is 12.7. The van der Waals surface area contributed by atoms with Gasteiger partial charge in [-0.25, -0.2) is 0 Å². The van der Waals surface area contributed by atoms with Crippen molar-refractivity contribution in [1.29, 1.82) is 0 Å². The Morgan fingerprint density at radius 3 is 1.30 bits per heavy atom. The van der Waals surface area contributed by atoms with Gasteiger partial charge in [0.1, 0.15) is 19.8 Å². The van der Waals surface area contributed by atoms with E-state index < -0.39 is 12.8 Å². The number of ether oxygens (including phenoxy) is 2. The number of carbonyl (C=O) groups is 2. The molecule has 0 radical (unpaired) electrons. The topological polar surface area (TPSA) is 91.3 Å². The molecule has 298 valence electrons. The minimum absolute atomic E-state index is 0.129. The van der Waals surface area contributed by atoms with Gasteiger partial charge in [0.15, 0.2) is 6.10 Å². The Bertz CT molecular complexity index is 839. The summed E-state index contributed by atoms with van der Waals surface area (Å²) in [7, 11) is 6.05. The Morgan fingerprint density at radius 1 is 0.560 bits per heavy atom. The molecule has 0 fully saturated rings. The fraction of sp³-hybridized carbons (Fsp3) is 0.950. The van der Waals surface area contributed by atoms with Crippen LogP contribution in [0.3, 0.4) is 0 Å². The van der Waals surface area contributed by atoms with Crippen LogP contribution in [0.4, 0.5) is 0 Å². The molecule has 0 rings (SSSR count). The van der Waals surface area contributed by atoms with Crippen molar-refractivity contribution in [2.75, 3.05) is 47.5 Å². The first-order valence-electron chi connectivity index (χ1n) is 20.8. The van der Waals surface area contributed by atoms with Gasteiger partial charge < -0.3 is 27.9 Å². The lowest BCUT2D eigenvalue weighted by atomic mass is 10.0. The number of carbonyl (C=O) groups excluding carboxylic acids is 2. The normalized spacial score (nSPS) is 13.6. The fourth-order valence-corrected chi connectivity index (χ4v) is 6.99. The Balaban J connectivity index is 4.36. The zero-order chi connectivity index (χ0) is 37.2. The molecular weight excluding hydrogens is 669 g/mol. The van der Waals surface area contributed by atoms with E-state index in [4.69, 9.17) is 30.3 Å². The second-order valence-electron chi connectivity index (χ2n) is 15.4. The van der Waals surface area contributed by atoms with E-state index in [0.717, 1.165) is 38.5 Å². The predicted molar refractivity (Wildman–Crippen MR) is 213 cm³/mol. The molecule has 1 unspecified atom stereocenters. The average molecular weight is 751 g/mol. The Morgan fingerprint density at radius 2 is 0.920 bits per heavy atom. The molecule has 0 amide bonds. The highest BCUT2D eigenvalue weighted by atomic mass is 32.5. The SMILES string of the molecule is CCCCCCCCCCCCCCCC(=O)OC[C@H](COP(O)(=S)OCC[N+](C)(C)C)OC(=O)CCCCCCCCCCCCCCC. The average Bonchev–Trinajstić information content (AvgIpc) is 3.06. The highest BCUT2D eigenvalue weighted by molar-refractivity contribution is 8.07. The van der Waals surface area contributed by atoms with Gasteiger partial charge in [0.05, 0.1) is 27.7 Å². The minimum atomic E-state index is -3.53. The van der Waals surface area contributed by atoms with Crippen LogP contribution in [-0.4, -0.2) is 74.9 Å². The molecule has 50 heavy (non-hydrogen) atoms. The molecule has 0 spiro atoms. The highest BCUT2D eigenvalue weighted by Crippen LogP contribution is 2.43. The fourth-order valence-electron chi connectivity index (χ4n) is 5.84. The maximum Gasteiger partial charge on any atom is 0.324 e. The molecule has 0 heterocycles. The lowest BCUT2D eigenvalue weighted by Gasteiger charge is -2.25. The summed E-state index contributed by atoms with van der Waals surface area (Å²) in [5, 5.41) is 0.